The number of alkyl carbamates (subject to hydrolysis) is 1. The molecule has 3 aliphatic rings. The van der Waals surface area contributed by atoms with Crippen LogP contribution in [-0.2, 0) is 9.47 Å². The highest BCUT2D eigenvalue weighted by molar-refractivity contribution is 5.69. The predicted molar refractivity (Wildman–Crippen MR) is 69.4 cm³/mol. The van der Waals surface area contributed by atoms with Gasteiger partial charge in [0.15, 0.2) is 0 Å². The number of rotatable bonds is 2. The van der Waals surface area contributed by atoms with Gasteiger partial charge in [-0.3, -0.25) is 0 Å². The predicted octanol–water partition coefficient (Wildman–Crippen LogP) is 2.78. The molecule has 0 spiro atoms. The summed E-state index contributed by atoms with van der Waals surface area (Å²) in [5, 5.41) is 3.00. The third-order valence-corrected chi connectivity index (χ3v) is 3.83. The number of hydrogen-bond acceptors (Lipinski definition) is 3. The van der Waals surface area contributed by atoms with Gasteiger partial charge in [-0.25, -0.2) is 4.79 Å². The third kappa shape index (κ3) is 2.69. The Labute approximate surface area is 109 Å². The fraction of sp³-hybridized carbons (Fsp3) is 0.786. The number of nitrogens with one attached hydrogen (secondary N) is 1. The Morgan fingerprint density at radius 3 is 2.33 bits per heavy atom. The lowest BCUT2D eigenvalue weighted by Gasteiger charge is -2.52. The molecule has 0 radical (unpaired) electrons. The van der Waals surface area contributed by atoms with Crippen LogP contribution in [0, 0.1) is 0 Å². The Morgan fingerprint density at radius 1 is 1.33 bits per heavy atom. The Balaban J connectivity index is 1.95. The molecular weight excluding hydrogens is 230 g/mol. The zero-order chi connectivity index (χ0) is 13.4. The van der Waals surface area contributed by atoms with Crippen molar-refractivity contribution in [2.75, 3.05) is 6.61 Å². The van der Waals surface area contributed by atoms with Gasteiger partial charge in [-0.2, -0.15) is 0 Å². The molecule has 3 fully saturated rings. The SMILES string of the molecule is C=CC12CCC(NC(=O)OC(C)(C)C)(CC1)CO2. The molecule has 4 heteroatoms. The number of hydrogen-bond donors (Lipinski definition) is 1. The molecule has 102 valence electrons. The van der Waals surface area contributed by atoms with Gasteiger partial charge in [-0.15, -0.1) is 6.58 Å². The van der Waals surface area contributed by atoms with Gasteiger partial charge in [0, 0.05) is 0 Å². The molecule has 1 saturated carbocycles. The van der Waals surface area contributed by atoms with Crippen molar-refractivity contribution in [3.8, 4) is 0 Å². The van der Waals surface area contributed by atoms with E-state index in [9.17, 15) is 4.79 Å². The molecule has 0 aromatic rings. The van der Waals surface area contributed by atoms with E-state index < -0.39 is 5.60 Å². The quantitative estimate of drug-likeness (QED) is 0.770. The van der Waals surface area contributed by atoms with E-state index in [0.29, 0.717) is 6.61 Å². The molecule has 0 unspecified atom stereocenters. The van der Waals surface area contributed by atoms with Crippen molar-refractivity contribution in [1.29, 1.82) is 0 Å². The number of carbonyl (C=O) groups excluding carboxylic acids is 1. The molecule has 0 atom stereocenters. The number of ether oxygens (including phenoxy) is 2. The fourth-order valence-corrected chi connectivity index (χ4v) is 2.67. The van der Waals surface area contributed by atoms with Crippen LogP contribution in [0.1, 0.15) is 46.5 Å². The summed E-state index contributed by atoms with van der Waals surface area (Å²) < 4.78 is 11.2. The van der Waals surface area contributed by atoms with Crippen molar-refractivity contribution >= 4 is 6.09 Å². The number of carbonyl (C=O) groups is 1. The summed E-state index contributed by atoms with van der Waals surface area (Å²) in [6.45, 7) is 10.00. The highest BCUT2D eigenvalue weighted by Crippen LogP contribution is 2.44. The van der Waals surface area contributed by atoms with Crippen LogP contribution in [-0.4, -0.2) is 29.4 Å². The van der Waals surface area contributed by atoms with Crippen molar-refractivity contribution in [2.24, 2.45) is 0 Å². The van der Waals surface area contributed by atoms with Crippen LogP contribution in [0.25, 0.3) is 0 Å². The molecule has 18 heavy (non-hydrogen) atoms. The summed E-state index contributed by atoms with van der Waals surface area (Å²) >= 11 is 0. The third-order valence-electron chi connectivity index (χ3n) is 3.83. The van der Waals surface area contributed by atoms with Crippen molar-refractivity contribution in [3.05, 3.63) is 12.7 Å². The highest BCUT2D eigenvalue weighted by atomic mass is 16.6. The van der Waals surface area contributed by atoms with E-state index in [-0.39, 0.29) is 17.2 Å². The Hall–Kier alpha value is -1.03. The summed E-state index contributed by atoms with van der Waals surface area (Å²) in [5.74, 6) is 0. The van der Waals surface area contributed by atoms with Crippen molar-refractivity contribution in [1.82, 2.24) is 5.32 Å². The molecule has 4 nitrogen and oxygen atoms in total. The summed E-state index contributed by atoms with van der Waals surface area (Å²) in [5.41, 5.74) is -0.861. The molecule has 0 aromatic carbocycles. The van der Waals surface area contributed by atoms with Crippen LogP contribution in [0.15, 0.2) is 12.7 Å². The van der Waals surface area contributed by atoms with E-state index in [1.165, 1.54) is 0 Å². The van der Waals surface area contributed by atoms with Crippen molar-refractivity contribution in [2.45, 2.75) is 63.2 Å². The number of fused-ring (bicyclic) bond motifs is 3. The monoisotopic (exact) mass is 253 g/mol. The van der Waals surface area contributed by atoms with Crippen LogP contribution in [0.5, 0.6) is 0 Å². The van der Waals surface area contributed by atoms with E-state index in [0.717, 1.165) is 25.7 Å². The van der Waals surface area contributed by atoms with Gasteiger partial charge in [0.05, 0.1) is 17.7 Å². The normalized spacial score (nSPS) is 35.1. The van der Waals surface area contributed by atoms with Crippen molar-refractivity contribution < 1.29 is 14.3 Å². The second kappa shape index (κ2) is 4.26. The molecule has 3 rings (SSSR count). The van der Waals surface area contributed by atoms with Gasteiger partial charge in [-0.05, 0) is 46.5 Å². The molecule has 1 N–H and O–H groups in total. The minimum atomic E-state index is -0.463. The van der Waals surface area contributed by atoms with E-state index in [4.69, 9.17) is 9.47 Å². The maximum atomic E-state index is 11.8. The maximum absolute atomic E-state index is 11.8. The summed E-state index contributed by atoms with van der Waals surface area (Å²) in [4.78, 5) is 11.8. The van der Waals surface area contributed by atoms with Crippen LogP contribution in [0.4, 0.5) is 4.79 Å². The fourth-order valence-electron chi connectivity index (χ4n) is 2.67. The van der Waals surface area contributed by atoms with E-state index >= 15 is 0 Å². The second-order valence-corrected chi connectivity index (χ2v) is 6.46. The molecule has 1 amide bonds. The molecular formula is C14H23NO3. The van der Waals surface area contributed by atoms with E-state index in [1.54, 1.807) is 0 Å². The lowest BCUT2D eigenvalue weighted by Crippen LogP contribution is -2.62. The smallest absolute Gasteiger partial charge is 0.408 e. The first kappa shape index (κ1) is 13.4. The van der Waals surface area contributed by atoms with Gasteiger partial charge in [-0.1, -0.05) is 6.08 Å². The van der Waals surface area contributed by atoms with E-state index in [1.807, 2.05) is 26.8 Å². The van der Waals surface area contributed by atoms with Gasteiger partial charge in [0.2, 0.25) is 0 Å². The van der Waals surface area contributed by atoms with Crippen LogP contribution in [0.2, 0.25) is 0 Å². The summed E-state index contributed by atoms with van der Waals surface area (Å²) in [6, 6.07) is 0. The van der Waals surface area contributed by atoms with Crippen LogP contribution < -0.4 is 5.32 Å². The first-order valence-corrected chi connectivity index (χ1v) is 6.57. The van der Waals surface area contributed by atoms with Crippen LogP contribution in [0.3, 0.4) is 0 Å². The Bertz CT molecular complexity index is 332. The van der Waals surface area contributed by atoms with Gasteiger partial charge < -0.3 is 14.8 Å². The zero-order valence-corrected chi connectivity index (χ0v) is 11.5. The first-order chi connectivity index (χ1) is 8.28. The van der Waals surface area contributed by atoms with Gasteiger partial charge in [0.25, 0.3) is 0 Å². The van der Waals surface area contributed by atoms with Gasteiger partial charge in [0.1, 0.15) is 5.60 Å². The molecule has 2 saturated heterocycles. The molecule has 2 bridgehead atoms. The summed E-state index contributed by atoms with van der Waals surface area (Å²) in [6.07, 6.45) is 5.26. The lowest BCUT2D eigenvalue weighted by atomic mass is 9.71. The molecule has 2 heterocycles. The van der Waals surface area contributed by atoms with Gasteiger partial charge >= 0.3 is 6.09 Å². The molecule has 2 aliphatic heterocycles. The Kier molecular flexibility index (Phi) is 3.18. The van der Waals surface area contributed by atoms with E-state index in [2.05, 4.69) is 11.9 Å². The highest BCUT2D eigenvalue weighted by Gasteiger charge is 2.49. The second-order valence-electron chi connectivity index (χ2n) is 6.46. The Morgan fingerprint density at radius 2 is 1.94 bits per heavy atom. The maximum Gasteiger partial charge on any atom is 0.408 e. The molecule has 1 aliphatic carbocycles. The standard InChI is InChI=1S/C14H23NO3/c1-5-14-8-6-13(7-9-14,10-17-14)15-11(16)18-12(2,3)4/h5H,1,6-10H2,2-4H3,(H,15,16). The summed E-state index contributed by atoms with van der Waals surface area (Å²) in [7, 11) is 0. The topological polar surface area (TPSA) is 47.6 Å². The lowest BCUT2D eigenvalue weighted by molar-refractivity contribution is -0.133. The molecule has 0 aromatic heterocycles. The largest absolute Gasteiger partial charge is 0.444 e. The van der Waals surface area contributed by atoms with Crippen LogP contribution >= 0.6 is 0 Å². The average molecular weight is 253 g/mol. The number of amides is 1. The zero-order valence-electron chi connectivity index (χ0n) is 11.5. The first-order valence-electron chi connectivity index (χ1n) is 6.57. The minimum absolute atomic E-state index is 0.155. The average Bonchev–Trinajstić information content (AvgIpc) is 2.28. The van der Waals surface area contributed by atoms with Crippen molar-refractivity contribution in [3.63, 3.8) is 0 Å². The minimum Gasteiger partial charge on any atom is -0.444 e.